The Balaban J connectivity index is 2.36. The van der Waals surface area contributed by atoms with E-state index in [1.165, 1.54) is 0 Å². The average Bonchev–Trinajstić information content (AvgIpc) is 2.27. The van der Waals surface area contributed by atoms with Crippen molar-refractivity contribution in [1.82, 2.24) is 0 Å². The summed E-state index contributed by atoms with van der Waals surface area (Å²) in [4.78, 5) is 21.1. The molecule has 1 rings (SSSR count). The summed E-state index contributed by atoms with van der Waals surface area (Å²) >= 11 is 0. The first-order chi connectivity index (χ1) is 7.53. The minimum Gasteiger partial charge on any atom is -0.287 e. The molecule has 88 valence electrons. The molecule has 0 spiro atoms. The number of para-hydroxylation sites is 1. The molecule has 0 unspecified atom stereocenters. The third kappa shape index (κ3) is 4.34. The number of carbonyl (C=O) groups excluding carboxylic acids is 1. The molecule has 1 aromatic rings. The SMILES string of the molecule is CCC(C)(C)CC(=O)OOc1ccccc1. The predicted octanol–water partition coefficient (Wildman–Crippen LogP) is 3.35. The second-order valence-electron chi connectivity index (χ2n) is 4.55. The summed E-state index contributed by atoms with van der Waals surface area (Å²) < 4.78 is 0. The number of hydrogen-bond acceptors (Lipinski definition) is 3. The quantitative estimate of drug-likeness (QED) is 0.566. The van der Waals surface area contributed by atoms with Crippen LogP contribution in [0.1, 0.15) is 33.6 Å². The molecule has 0 amide bonds. The van der Waals surface area contributed by atoms with E-state index in [1.54, 1.807) is 12.1 Å². The van der Waals surface area contributed by atoms with Crippen LogP contribution in [0.15, 0.2) is 30.3 Å². The zero-order chi connectivity index (χ0) is 12.0. The second-order valence-corrected chi connectivity index (χ2v) is 4.55. The summed E-state index contributed by atoms with van der Waals surface area (Å²) in [5.41, 5.74) is -0.0445. The molecule has 3 nitrogen and oxygen atoms in total. The van der Waals surface area contributed by atoms with Crippen molar-refractivity contribution in [2.24, 2.45) is 5.41 Å². The normalized spacial score (nSPS) is 10.9. The van der Waals surface area contributed by atoms with Crippen LogP contribution in [0, 0.1) is 5.41 Å². The zero-order valence-electron chi connectivity index (χ0n) is 10.0. The van der Waals surface area contributed by atoms with Crippen LogP contribution in [0.3, 0.4) is 0 Å². The van der Waals surface area contributed by atoms with Gasteiger partial charge in [-0.1, -0.05) is 45.4 Å². The van der Waals surface area contributed by atoms with E-state index >= 15 is 0 Å². The van der Waals surface area contributed by atoms with Gasteiger partial charge >= 0.3 is 5.97 Å². The van der Waals surface area contributed by atoms with Crippen molar-refractivity contribution in [2.45, 2.75) is 33.6 Å². The highest BCUT2D eigenvalue weighted by molar-refractivity contribution is 5.69. The van der Waals surface area contributed by atoms with E-state index < -0.39 is 0 Å². The molecule has 1 aromatic carbocycles. The Kier molecular flexibility index (Phi) is 4.35. The monoisotopic (exact) mass is 222 g/mol. The third-order valence-electron chi connectivity index (χ3n) is 2.55. The first-order valence-corrected chi connectivity index (χ1v) is 5.46. The van der Waals surface area contributed by atoms with Gasteiger partial charge in [0.15, 0.2) is 5.75 Å². The molecule has 16 heavy (non-hydrogen) atoms. The van der Waals surface area contributed by atoms with Crippen LogP contribution in [-0.2, 0) is 9.68 Å². The molecule has 0 aliphatic heterocycles. The number of hydrogen-bond donors (Lipinski definition) is 0. The van der Waals surface area contributed by atoms with Crippen LogP contribution in [0.5, 0.6) is 5.75 Å². The van der Waals surface area contributed by atoms with E-state index in [2.05, 4.69) is 0 Å². The van der Waals surface area contributed by atoms with Gasteiger partial charge in [0.25, 0.3) is 0 Å². The Morgan fingerprint density at radius 3 is 2.44 bits per heavy atom. The Morgan fingerprint density at radius 2 is 1.88 bits per heavy atom. The molecular weight excluding hydrogens is 204 g/mol. The molecule has 0 heterocycles. The van der Waals surface area contributed by atoms with Gasteiger partial charge in [0.2, 0.25) is 0 Å². The Labute approximate surface area is 96.3 Å². The smallest absolute Gasteiger partial charge is 0.287 e. The highest BCUT2D eigenvalue weighted by Crippen LogP contribution is 2.24. The van der Waals surface area contributed by atoms with Crippen molar-refractivity contribution >= 4 is 5.97 Å². The van der Waals surface area contributed by atoms with Gasteiger partial charge in [0.1, 0.15) is 0 Å². The highest BCUT2D eigenvalue weighted by atomic mass is 17.2. The minimum atomic E-state index is -0.337. The van der Waals surface area contributed by atoms with E-state index in [-0.39, 0.29) is 11.4 Å². The van der Waals surface area contributed by atoms with Gasteiger partial charge in [-0.2, -0.15) is 0 Å². The lowest BCUT2D eigenvalue weighted by molar-refractivity contribution is -0.216. The van der Waals surface area contributed by atoms with Crippen molar-refractivity contribution in [3.8, 4) is 5.75 Å². The maximum Gasteiger partial charge on any atom is 0.355 e. The molecule has 3 heteroatoms. The fourth-order valence-corrected chi connectivity index (χ4v) is 1.12. The number of carbonyl (C=O) groups is 1. The van der Waals surface area contributed by atoms with Crippen LogP contribution in [-0.4, -0.2) is 5.97 Å². The molecule has 0 atom stereocenters. The average molecular weight is 222 g/mol. The molecule has 0 radical (unpaired) electrons. The minimum absolute atomic E-state index is 0.0445. The lowest BCUT2D eigenvalue weighted by Crippen LogP contribution is -2.19. The molecule has 0 N–H and O–H groups in total. The Morgan fingerprint density at radius 1 is 1.25 bits per heavy atom. The molecule has 0 bridgehead atoms. The fourth-order valence-electron chi connectivity index (χ4n) is 1.12. The van der Waals surface area contributed by atoms with Crippen molar-refractivity contribution in [3.63, 3.8) is 0 Å². The summed E-state index contributed by atoms with van der Waals surface area (Å²) in [6, 6.07) is 8.98. The lowest BCUT2D eigenvalue weighted by atomic mass is 9.87. The summed E-state index contributed by atoms with van der Waals surface area (Å²) in [6.07, 6.45) is 1.28. The van der Waals surface area contributed by atoms with Gasteiger partial charge in [-0.15, -0.1) is 0 Å². The number of benzene rings is 1. The first-order valence-electron chi connectivity index (χ1n) is 5.46. The third-order valence-corrected chi connectivity index (χ3v) is 2.55. The molecule has 0 fully saturated rings. The topological polar surface area (TPSA) is 35.5 Å². The van der Waals surface area contributed by atoms with Gasteiger partial charge in [-0.3, -0.25) is 9.78 Å². The fraction of sp³-hybridized carbons (Fsp3) is 0.462. The van der Waals surface area contributed by atoms with Crippen LogP contribution in [0.4, 0.5) is 0 Å². The van der Waals surface area contributed by atoms with Crippen LogP contribution in [0.25, 0.3) is 0 Å². The lowest BCUT2D eigenvalue weighted by Gasteiger charge is -2.20. The molecular formula is C13H18O3. The van der Waals surface area contributed by atoms with Gasteiger partial charge in [-0.05, 0) is 17.5 Å². The van der Waals surface area contributed by atoms with E-state index in [1.807, 2.05) is 39.0 Å². The molecule has 0 saturated heterocycles. The molecule has 0 aromatic heterocycles. The van der Waals surface area contributed by atoms with E-state index in [0.29, 0.717) is 12.2 Å². The standard InChI is InChI=1S/C13H18O3/c1-4-13(2,3)10-12(14)16-15-11-8-6-5-7-9-11/h5-9H,4,10H2,1-3H3. The summed E-state index contributed by atoms with van der Waals surface area (Å²) in [7, 11) is 0. The van der Waals surface area contributed by atoms with E-state index in [9.17, 15) is 4.79 Å². The Bertz CT molecular complexity index is 330. The number of rotatable bonds is 5. The van der Waals surface area contributed by atoms with Gasteiger partial charge in [0, 0.05) is 0 Å². The van der Waals surface area contributed by atoms with Crippen molar-refractivity contribution < 1.29 is 14.6 Å². The maximum absolute atomic E-state index is 11.4. The summed E-state index contributed by atoms with van der Waals surface area (Å²) in [6.45, 7) is 6.10. The van der Waals surface area contributed by atoms with Crippen molar-refractivity contribution in [3.05, 3.63) is 30.3 Å². The van der Waals surface area contributed by atoms with Crippen molar-refractivity contribution in [2.75, 3.05) is 0 Å². The first kappa shape index (κ1) is 12.6. The highest BCUT2D eigenvalue weighted by Gasteiger charge is 2.21. The zero-order valence-corrected chi connectivity index (χ0v) is 10.0. The van der Waals surface area contributed by atoms with Crippen molar-refractivity contribution in [1.29, 1.82) is 0 Å². The Hall–Kier alpha value is -1.51. The molecule has 0 aliphatic carbocycles. The molecule has 0 aliphatic rings. The predicted molar refractivity (Wildman–Crippen MR) is 61.9 cm³/mol. The van der Waals surface area contributed by atoms with Gasteiger partial charge in [0.05, 0.1) is 6.42 Å². The molecule has 0 saturated carbocycles. The van der Waals surface area contributed by atoms with Gasteiger partial charge < -0.3 is 0 Å². The largest absolute Gasteiger partial charge is 0.355 e. The van der Waals surface area contributed by atoms with Gasteiger partial charge in [-0.25, -0.2) is 4.79 Å². The van der Waals surface area contributed by atoms with Crippen LogP contribution < -0.4 is 4.89 Å². The van der Waals surface area contributed by atoms with Crippen LogP contribution in [0.2, 0.25) is 0 Å². The summed E-state index contributed by atoms with van der Waals surface area (Å²) in [5, 5.41) is 0. The van der Waals surface area contributed by atoms with Crippen LogP contribution >= 0.6 is 0 Å². The second kappa shape index (κ2) is 5.54. The summed E-state index contributed by atoms with van der Waals surface area (Å²) in [5.74, 6) is 0.195. The van der Waals surface area contributed by atoms with E-state index in [4.69, 9.17) is 9.78 Å². The van der Waals surface area contributed by atoms with E-state index in [0.717, 1.165) is 6.42 Å². The maximum atomic E-state index is 11.4.